The number of fused-ring (bicyclic) bond motifs is 1. The molecule has 0 spiro atoms. The highest BCUT2D eigenvalue weighted by atomic mass is 16.2. The van der Waals surface area contributed by atoms with E-state index in [1.165, 1.54) is 0 Å². The third-order valence-electron chi connectivity index (χ3n) is 3.63. The highest BCUT2D eigenvalue weighted by Crippen LogP contribution is 2.17. The number of benzene rings is 1. The van der Waals surface area contributed by atoms with E-state index in [-0.39, 0.29) is 18.4 Å². The molecular weight excluding hydrogens is 256 g/mol. The number of nitrogens with zero attached hydrogens (tertiary/aromatic N) is 3. The number of amides is 2. The Bertz CT molecular complexity index is 664. The summed E-state index contributed by atoms with van der Waals surface area (Å²) in [7, 11) is 1.76. The van der Waals surface area contributed by atoms with Gasteiger partial charge in [0.25, 0.3) is 5.91 Å². The normalized spacial score (nSPS) is 16.6. The third-order valence-corrected chi connectivity index (χ3v) is 3.63. The topological polar surface area (TPSA) is 69.3 Å². The zero-order chi connectivity index (χ0) is 14.1. The fraction of sp³-hybridized carbons (Fsp3) is 0.357. The summed E-state index contributed by atoms with van der Waals surface area (Å²) in [6, 6.07) is 7.49. The maximum absolute atomic E-state index is 12.6. The van der Waals surface area contributed by atoms with Crippen molar-refractivity contribution < 1.29 is 9.59 Å². The largest absolute Gasteiger partial charge is 0.344 e. The molecule has 1 fully saturated rings. The summed E-state index contributed by atoms with van der Waals surface area (Å²) in [6.07, 6.45) is 0.788. The monoisotopic (exact) mass is 272 g/mol. The van der Waals surface area contributed by atoms with Crippen molar-refractivity contribution in [2.24, 2.45) is 0 Å². The number of hydrogen-bond acceptors (Lipinski definition) is 3. The molecule has 0 bridgehead atoms. The second-order valence-electron chi connectivity index (χ2n) is 5.01. The second kappa shape index (κ2) is 4.96. The number of para-hydroxylation sites is 1. The first-order chi connectivity index (χ1) is 9.66. The number of hydrogen-bond donors (Lipinski definition) is 1. The number of carbonyl (C=O) groups is 2. The van der Waals surface area contributed by atoms with Crippen LogP contribution in [-0.2, 0) is 4.79 Å². The average Bonchev–Trinajstić information content (AvgIpc) is 2.81. The van der Waals surface area contributed by atoms with Crippen LogP contribution in [0.2, 0.25) is 0 Å². The minimum Gasteiger partial charge on any atom is -0.344 e. The van der Waals surface area contributed by atoms with Gasteiger partial charge in [-0.2, -0.15) is 5.10 Å². The number of nitrogens with one attached hydrogen (secondary N) is 1. The summed E-state index contributed by atoms with van der Waals surface area (Å²) in [5, 5.41) is 7.75. The third kappa shape index (κ3) is 2.13. The minimum atomic E-state index is -0.189. The molecule has 2 aromatic rings. The van der Waals surface area contributed by atoms with Crippen LogP contribution in [0.1, 0.15) is 16.9 Å². The predicted octanol–water partition coefficient (Wildman–Crippen LogP) is 0.867. The van der Waals surface area contributed by atoms with Gasteiger partial charge in [0.05, 0.1) is 5.52 Å². The Morgan fingerprint density at radius 3 is 2.95 bits per heavy atom. The Morgan fingerprint density at radius 1 is 1.30 bits per heavy atom. The fourth-order valence-corrected chi connectivity index (χ4v) is 2.44. The molecule has 0 unspecified atom stereocenters. The van der Waals surface area contributed by atoms with Gasteiger partial charge in [0, 0.05) is 25.5 Å². The van der Waals surface area contributed by atoms with Gasteiger partial charge in [-0.1, -0.05) is 18.2 Å². The summed E-state index contributed by atoms with van der Waals surface area (Å²) in [5.74, 6) is -0.221. The van der Waals surface area contributed by atoms with Crippen molar-refractivity contribution in [3.63, 3.8) is 0 Å². The zero-order valence-corrected chi connectivity index (χ0v) is 11.3. The molecule has 6 heteroatoms. The number of likely N-dealkylation sites (N-methyl/N-ethyl adjacent to an activating group) is 1. The van der Waals surface area contributed by atoms with Crippen LogP contribution in [0.15, 0.2) is 24.3 Å². The lowest BCUT2D eigenvalue weighted by molar-refractivity contribution is -0.129. The van der Waals surface area contributed by atoms with E-state index in [9.17, 15) is 9.59 Å². The van der Waals surface area contributed by atoms with Gasteiger partial charge in [-0.05, 0) is 12.5 Å². The number of H-pyrrole nitrogens is 1. The molecule has 1 saturated heterocycles. The van der Waals surface area contributed by atoms with E-state index in [1.807, 2.05) is 24.3 Å². The van der Waals surface area contributed by atoms with Gasteiger partial charge in [0.15, 0.2) is 5.69 Å². The summed E-state index contributed by atoms with van der Waals surface area (Å²) in [4.78, 5) is 27.7. The van der Waals surface area contributed by atoms with E-state index in [1.54, 1.807) is 16.8 Å². The van der Waals surface area contributed by atoms with Crippen LogP contribution in [-0.4, -0.2) is 58.5 Å². The van der Waals surface area contributed by atoms with Gasteiger partial charge in [0.2, 0.25) is 5.91 Å². The van der Waals surface area contributed by atoms with E-state index in [0.29, 0.717) is 18.8 Å². The molecule has 1 aliphatic rings. The quantitative estimate of drug-likeness (QED) is 0.837. The van der Waals surface area contributed by atoms with Crippen molar-refractivity contribution in [2.45, 2.75) is 6.42 Å². The van der Waals surface area contributed by atoms with Crippen LogP contribution in [0.4, 0.5) is 0 Å². The van der Waals surface area contributed by atoms with Gasteiger partial charge >= 0.3 is 0 Å². The summed E-state index contributed by atoms with van der Waals surface area (Å²) in [6.45, 7) is 1.39. The Kier molecular flexibility index (Phi) is 3.14. The first kappa shape index (κ1) is 12.7. The molecule has 1 aromatic carbocycles. The molecule has 3 rings (SSSR count). The Hall–Kier alpha value is -2.37. The maximum Gasteiger partial charge on any atom is 0.275 e. The molecule has 20 heavy (non-hydrogen) atoms. The van der Waals surface area contributed by atoms with Crippen LogP contribution in [0.25, 0.3) is 10.9 Å². The first-order valence-corrected chi connectivity index (χ1v) is 6.63. The van der Waals surface area contributed by atoms with E-state index in [4.69, 9.17) is 0 Å². The molecule has 1 N–H and O–H groups in total. The van der Waals surface area contributed by atoms with E-state index >= 15 is 0 Å². The second-order valence-corrected chi connectivity index (χ2v) is 5.01. The minimum absolute atomic E-state index is 0.0318. The molecule has 2 heterocycles. The van der Waals surface area contributed by atoms with Gasteiger partial charge < -0.3 is 9.80 Å². The number of carbonyl (C=O) groups excluding carboxylic acids is 2. The molecule has 104 valence electrons. The molecule has 1 aromatic heterocycles. The van der Waals surface area contributed by atoms with Crippen LogP contribution >= 0.6 is 0 Å². The lowest BCUT2D eigenvalue weighted by Crippen LogP contribution is -2.38. The van der Waals surface area contributed by atoms with Gasteiger partial charge in [-0.15, -0.1) is 0 Å². The Labute approximate surface area is 116 Å². The van der Waals surface area contributed by atoms with Crippen molar-refractivity contribution in [2.75, 3.05) is 26.7 Å². The van der Waals surface area contributed by atoms with E-state index in [2.05, 4.69) is 10.2 Å². The summed E-state index contributed by atoms with van der Waals surface area (Å²) >= 11 is 0. The maximum atomic E-state index is 12.6. The van der Waals surface area contributed by atoms with Crippen molar-refractivity contribution in [3.05, 3.63) is 30.0 Å². The predicted molar refractivity (Wildman–Crippen MR) is 74.3 cm³/mol. The molecular formula is C14H16N4O2. The molecule has 0 aliphatic carbocycles. The van der Waals surface area contributed by atoms with Gasteiger partial charge in [-0.25, -0.2) is 0 Å². The molecule has 0 saturated carbocycles. The van der Waals surface area contributed by atoms with Crippen molar-refractivity contribution >= 4 is 22.7 Å². The van der Waals surface area contributed by atoms with Gasteiger partial charge in [-0.3, -0.25) is 14.7 Å². The Morgan fingerprint density at radius 2 is 2.10 bits per heavy atom. The highest BCUT2D eigenvalue weighted by molar-refractivity contribution is 6.05. The van der Waals surface area contributed by atoms with Crippen LogP contribution < -0.4 is 0 Å². The lowest BCUT2D eigenvalue weighted by Gasteiger charge is -2.18. The van der Waals surface area contributed by atoms with E-state index in [0.717, 1.165) is 17.3 Å². The van der Waals surface area contributed by atoms with Crippen molar-refractivity contribution in [3.8, 4) is 0 Å². The molecule has 0 radical (unpaired) electrons. The fourth-order valence-electron chi connectivity index (χ4n) is 2.44. The van der Waals surface area contributed by atoms with Crippen LogP contribution in [0.5, 0.6) is 0 Å². The first-order valence-electron chi connectivity index (χ1n) is 6.63. The lowest BCUT2D eigenvalue weighted by atomic mass is 10.2. The zero-order valence-electron chi connectivity index (χ0n) is 11.3. The van der Waals surface area contributed by atoms with Crippen LogP contribution in [0.3, 0.4) is 0 Å². The summed E-state index contributed by atoms with van der Waals surface area (Å²) in [5.41, 5.74) is 1.21. The smallest absolute Gasteiger partial charge is 0.275 e. The van der Waals surface area contributed by atoms with Crippen molar-refractivity contribution in [1.82, 2.24) is 20.0 Å². The van der Waals surface area contributed by atoms with Crippen LogP contribution in [0, 0.1) is 0 Å². The Balaban J connectivity index is 1.90. The molecule has 1 aliphatic heterocycles. The van der Waals surface area contributed by atoms with Gasteiger partial charge in [0.1, 0.15) is 6.54 Å². The SMILES string of the molecule is CN1CCCN(C(=O)c2n[nH]c3ccccc23)CC1=O. The number of rotatable bonds is 1. The number of aromatic nitrogens is 2. The standard InChI is InChI=1S/C14H16N4O2/c1-17-7-4-8-18(9-12(17)19)14(20)13-10-5-2-3-6-11(10)15-16-13/h2-3,5-6H,4,7-9H2,1H3,(H,15,16). The average molecular weight is 272 g/mol. The van der Waals surface area contributed by atoms with E-state index < -0.39 is 0 Å². The molecule has 2 amide bonds. The number of aromatic amines is 1. The molecule has 0 atom stereocenters. The highest BCUT2D eigenvalue weighted by Gasteiger charge is 2.26. The summed E-state index contributed by atoms with van der Waals surface area (Å²) < 4.78 is 0. The van der Waals surface area contributed by atoms with Crippen molar-refractivity contribution in [1.29, 1.82) is 0 Å². The molecule has 6 nitrogen and oxygen atoms in total.